The lowest BCUT2D eigenvalue weighted by Crippen LogP contribution is -2.13. The monoisotopic (exact) mass is 140 g/mol. The number of rotatable bonds is 5. The van der Waals surface area contributed by atoms with E-state index in [1.165, 1.54) is 19.3 Å². The molecule has 10 heavy (non-hydrogen) atoms. The molecule has 0 aromatic rings. The van der Waals surface area contributed by atoms with Gasteiger partial charge in [0.15, 0.2) is 0 Å². The molecule has 0 aromatic carbocycles. The molecule has 0 nitrogen and oxygen atoms in total. The van der Waals surface area contributed by atoms with Gasteiger partial charge in [0.1, 0.15) is 0 Å². The van der Waals surface area contributed by atoms with Crippen LogP contribution in [0.25, 0.3) is 0 Å². The number of allylic oxidation sites excluding steroid dienone is 1. The number of hydrogen-bond acceptors (Lipinski definition) is 0. The first-order valence-electron chi connectivity index (χ1n) is 4.29. The van der Waals surface area contributed by atoms with E-state index >= 15 is 0 Å². The molecule has 0 radical (unpaired) electrons. The lowest BCUT2D eigenvalue weighted by atomic mass is 9.80. The van der Waals surface area contributed by atoms with Crippen molar-refractivity contribution in [3.8, 4) is 0 Å². The molecule has 1 unspecified atom stereocenters. The summed E-state index contributed by atoms with van der Waals surface area (Å²) in [5.41, 5.74) is 0.524. The smallest absolute Gasteiger partial charge is 0.0294 e. The van der Waals surface area contributed by atoms with E-state index in [1.54, 1.807) is 0 Å². The predicted octanol–water partition coefficient (Wildman–Crippen LogP) is 3.78. The normalized spacial score (nSPS) is 16.3. The molecule has 0 aliphatic carbocycles. The minimum absolute atomic E-state index is 0.524. The van der Waals surface area contributed by atoms with Gasteiger partial charge in [-0.3, -0.25) is 0 Å². The summed E-state index contributed by atoms with van der Waals surface area (Å²) in [6.45, 7) is 10.6. The standard InChI is InChI=1S/C10H20/c1-5-8-10(4,7-3)9-6-2/h5H,1,6-9H2,2-4H3. The van der Waals surface area contributed by atoms with Gasteiger partial charge in [-0.25, -0.2) is 0 Å². The van der Waals surface area contributed by atoms with Crippen molar-refractivity contribution in [1.29, 1.82) is 0 Å². The van der Waals surface area contributed by atoms with Crippen molar-refractivity contribution >= 4 is 0 Å². The van der Waals surface area contributed by atoms with Crippen molar-refractivity contribution in [2.24, 2.45) is 5.41 Å². The average Bonchev–Trinajstić information content (AvgIpc) is 1.89. The van der Waals surface area contributed by atoms with Crippen LogP contribution < -0.4 is 0 Å². The highest BCUT2D eigenvalue weighted by Crippen LogP contribution is 2.31. The highest BCUT2D eigenvalue weighted by Gasteiger charge is 2.18. The summed E-state index contributed by atoms with van der Waals surface area (Å²) in [7, 11) is 0. The largest absolute Gasteiger partial charge is 0.103 e. The van der Waals surface area contributed by atoms with Crippen LogP contribution in [0.1, 0.15) is 46.5 Å². The van der Waals surface area contributed by atoms with Crippen molar-refractivity contribution < 1.29 is 0 Å². The molecule has 0 fully saturated rings. The van der Waals surface area contributed by atoms with E-state index in [4.69, 9.17) is 0 Å². The second kappa shape index (κ2) is 4.54. The van der Waals surface area contributed by atoms with Crippen LogP contribution in [-0.4, -0.2) is 0 Å². The third kappa shape index (κ3) is 3.05. The molecule has 60 valence electrons. The fraction of sp³-hybridized carbons (Fsp3) is 0.800. The van der Waals surface area contributed by atoms with Crippen LogP contribution in [0.4, 0.5) is 0 Å². The van der Waals surface area contributed by atoms with Crippen molar-refractivity contribution in [2.45, 2.75) is 46.5 Å². The maximum absolute atomic E-state index is 3.78. The van der Waals surface area contributed by atoms with E-state index in [-0.39, 0.29) is 0 Å². The van der Waals surface area contributed by atoms with Gasteiger partial charge in [0.25, 0.3) is 0 Å². The molecule has 0 saturated carbocycles. The van der Waals surface area contributed by atoms with Crippen LogP contribution in [0.15, 0.2) is 12.7 Å². The first-order chi connectivity index (χ1) is 4.68. The first kappa shape index (κ1) is 9.74. The zero-order chi connectivity index (χ0) is 8.04. The molecule has 0 bridgehead atoms. The fourth-order valence-electron chi connectivity index (χ4n) is 1.38. The molecular weight excluding hydrogens is 120 g/mol. The van der Waals surface area contributed by atoms with E-state index in [2.05, 4.69) is 27.4 Å². The quantitative estimate of drug-likeness (QED) is 0.510. The Balaban J connectivity index is 3.80. The van der Waals surface area contributed by atoms with Gasteiger partial charge in [0, 0.05) is 0 Å². The van der Waals surface area contributed by atoms with Gasteiger partial charge in [-0.05, 0) is 18.3 Å². The average molecular weight is 140 g/mol. The minimum Gasteiger partial charge on any atom is -0.103 e. The summed E-state index contributed by atoms with van der Waals surface area (Å²) in [6, 6.07) is 0. The van der Waals surface area contributed by atoms with Crippen LogP contribution in [0, 0.1) is 5.41 Å². The summed E-state index contributed by atoms with van der Waals surface area (Å²) in [6.07, 6.45) is 7.09. The molecule has 0 N–H and O–H groups in total. The molecule has 0 aromatic heterocycles. The van der Waals surface area contributed by atoms with Gasteiger partial charge < -0.3 is 0 Å². The Labute approximate surface area is 65.3 Å². The van der Waals surface area contributed by atoms with E-state index in [0.29, 0.717) is 5.41 Å². The summed E-state index contributed by atoms with van der Waals surface area (Å²) >= 11 is 0. The molecule has 0 rings (SSSR count). The van der Waals surface area contributed by atoms with Crippen molar-refractivity contribution in [2.75, 3.05) is 0 Å². The fourth-order valence-corrected chi connectivity index (χ4v) is 1.38. The Morgan fingerprint density at radius 1 is 1.40 bits per heavy atom. The van der Waals surface area contributed by atoms with Gasteiger partial charge in [0.05, 0.1) is 0 Å². The molecular formula is C10H20. The number of hydrogen-bond donors (Lipinski definition) is 0. The first-order valence-corrected chi connectivity index (χ1v) is 4.29. The van der Waals surface area contributed by atoms with Crippen LogP contribution >= 0.6 is 0 Å². The predicted molar refractivity (Wildman–Crippen MR) is 48.1 cm³/mol. The maximum atomic E-state index is 3.78. The molecule has 0 saturated heterocycles. The Hall–Kier alpha value is -0.260. The lowest BCUT2D eigenvalue weighted by Gasteiger charge is -2.25. The zero-order valence-corrected chi connectivity index (χ0v) is 7.61. The maximum Gasteiger partial charge on any atom is -0.0294 e. The zero-order valence-electron chi connectivity index (χ0n) is 7.61. The van der Waals surface area contributed by atoms with Gasteiger partial charge in [-0.15, -0.1) is 6.58 Å². The van der Waals surface area contributed by atoms with Crippen LogP contribution in [0.5, 0.6) is 0 Å². The SMILES string of the molecule is C=CCC(C)(CC)CCC. The molecule has 0 amide bonds. The molecule has 0 aliphatic heterocycles. The van der Waals surface area contributed by atoms with Gasteiger partial charge >= 0.3 is 0 Å². The third-order valence-electron chi connectivity index (χ3n) is 2.34. The second-order valence-corrected chi connectivity index (χ2v) is 3.41. The van der Waals surface area contributed by atoms with Crippen molar-refractivity contribution in [1.82, 2.24) is 0 Å². The van der Waals surface area contributed by atoms with Gasteiger partial charge in [-0.2, -0.15) is 0 Å². The van der Waals surface area contributed by atoms with Gasteiger partial charge in [-0.1, -0.05) is 39.7 Å². The molecule has 0 spiro atoms. The Morgan fingerprint density at radius 3 is 2.30 bits per heavy atom. The van der Waals surface area contributed by atoms with E-state index in [9.17, 15) is 0 Å². The summed E-state index contributed by atoms with van der Waals surface area (Å²) in [5, 5.41) is 0. The highest BCUT2D eigenvalue weighted by atomic mass is 14.2. The van der Waals surface area contributed by atoms with Crippen LogP contribution in [0.2, 0.25) is 0 Å². The van der Waals surface area contributed by atoms with E-state index in [0.717, 1.165) is 6.42 Å². The third-order valence-corrected chi connectivity index (χ3v) is 2.34. The van der Waals surface area contributed by atoms with E-state index < -0.39 is 0 Å². The second-order valence-electron chi connectivity index (χ2n) is 3.41. The topological polar surface area (TPSA) is 0 Å². The molecule has 0 heteroatoms. The van der Waals surface area contributed by atoms with E-state index in [1.807, 2.05) is 6.08 Å². The lowest BCUT2D eigenvalue weighted by molar-refractivity contribution is 0.285. The highest BCUT2D eigenvalue weighted by molar-refractivity contribution is 4.81. The Bertz CT molecular complexity index is 94.2. The Morgan fingerprint density at radius 2 is 2.00 bits per heavy atom. The molecule has 0 aliphatic rings. The van der Waals surface area contributed by atoms with Gasteiger partial charge in [0.2, 0.25) is 0 Å². The molecule has 1 atom stereocenters. The summed E-state index contributed by atoms with van der Waals surface area (Å²) < 4.78 is 0. The van der Waals surface area contributed by atoms with Crippen molar-refractivity contribution in [3.05, 3.63) is 12.7 Å². The molecule has 0 heterocycles. The Kier molecular flexibility index (Phi) is 4.42. The summed E-state index contributed by atoms with van der Waals surface area (Å²) in [4.78, 5) is 0. The minimum atomic E-state index is 0.524. The van der Waals surface area contributed by atoms with Crippen molar-refractivity contribution in [3.63, 3.8) is 0 Å². The van der Waals surface area contributed by atoms with Crippen LogP contribution in [0.3, 0.4) is 0 Å². The van der Waals surface area contributed by atoms with Crippen LogP contribution in [-0.2, 0) is 0 Å². The summed E-state index contributed by atoms with van der Waals surface area (Å²) in [5.74, 6) is 0.